The number of hydrogen-bond acceptors (Lipinski definition) is 8. The van der Waals surface area contributed by atoms with Gasteiger partial charge < -0.3 is 24.5 Å². The number of phenolic OH excluding ortho intramolecular Hbond substituents is 1. The Balaban J connectivity index is 1.68. The Morgan fingerprint density at radius 2 is 2.06 bits per heavy atom. The van der Waals surface area contributed by atoms with Crippen LogP contribution in [0.5, 0.6) is 5.75 Å². The Morgan fingerprint density at radius 1 is 1.29 bits per heavy atom. The van der Waals surface area contributed by atoms with Crippen LogP contribution < -0.4 is 10.9 Å². The summed E-state index contributed by atoms with van der Waals surface area (Å²) >= 11 is 1.67. The van der Waals surface area contributed by atoms with Gasteiger partial charge in [0.15, 0.2) is 0 Å². The summed E-state index contributed by atoms with van der Waals surface area (Å²) in [6, 6.07) is 6.58. The van der Waals surface area contributed by atoms with Crippen molar-refractivity contribution in [3.05, 3.63) is 56.9 Å². The van der Waals surface area contributed by atoms with Gasteiger partial charge in [-0.15, -0.1) is 0 Å². The number of pyridine rings is 2. The zero-order valence-corrected chi connectivity index (χ0v) is 21.0. The minimum atomic E-state index is -1.89. The number of benzene rings is 1. The SMILES string of the molecule is CCc1c2c(nc3ccc(O)cc13)-c1cc3c(c(=O)n1C2)COC(=O)[C@@]3(I)OC(=O)CNC(C)=O. The van der Waals surface area contributed by atoms with Crippen molar-refractivity contribution in [1.29, 1.82) is 0 Å². The summed E-state index contributed by atoms with van der Waals surface area (Å²) in [5.41, 5.74) is 3.67. The molecule has 0 saturated carbocycles. The third-order valence-corrected chi connectivity index (χ3v) is 7.43. The van der Waals surface area contributed by atoms with E-state index in [-0.39, 0.29) is 35.6 Å². The second-order valence-electron chi connectivity index (χ2n) is 8.34. The molecule has 3 aromatic rings. The Labute approximate surface area is 212 Å². The van der Waals surface area contributed by atoms with Gasteiger partial charge in [-0.05, 0) is 58.8 Å². The average Bonchev–Trinajstić information content (AvgIpc) is 3.18. The first kappa shape index (κ1) is 23.3. The number of nitrogens with zero attached hydrogens (tertiary/aromatic N) is 2. The molecule has 2 aromatic heterocycles. The molecule has 4 heterocycles. The van der Waals surface area contributed by atoms with Crippen LogP contribution in [0.3, 0.4) is 0 Å². The maximum atomic E-state index is 13.5. The maximum Gasteiger partial charge on any atom is 0.366 e. The van der Waals surface area contributed by atoms with Gasteiger partial charge in [0.05, 0.1) is 29.0 Å². The van der Waals surface area contributed by atoms with E-state index >= 15 is 0 Å². The number of ether oxygens (including phenoxy) is 2. The Hall–Kier alpha value is -3.48. The van der Waals surface area contributed by atoms with E-state index in [1.165, 1.54) is 6.92 Å². The number of esters is 2. The number of halogens is 1. The molecule has 0 fully saturated rings. The van der Waals surface area contributed by atoms with Crippen molar-refractivity contribution in [1.82, 2.24) is 14.9 Å². The molecule has 0 spiro atoms. The molecule has 11 heteroatoms. The first-order valence-electron chi connectivity index (χ1n) is 10.9. The van der Waals surface area contributed by atoms with Crippen molar-refractivity contribution >= 4 is 51.3 Å². The first-order chi connectivity index (χ1) is 16.6. The molecule has 1 amide bonds. The summed E-state index contributed by atoms with van der Waals surface area (Å²) in [5.74, 6) is -1.97. The fourth-order valence-corrected chi connectivity index (χ4v) is 5.48. The number of aryl methyl sites for hydroxylation is 1. The summed E-state index contributed by atoms with van der Waals surface area (Å²) in [6.45, 7) is 2.84. The predicted octanol–water partition coefficient (Wildman–Crippen LogP) is 2.02. The van der Waals surface area contributed by atoms with Crippen LogP contribution in [0.25, 0.3) is 22.3 Å². The van der Waals surface area contributed by atoms with Crippen LogP contribution in [-0.4, -0.2) is 39.0 Å². The molecule has 0 aliphatic carbocycles. The van der Waals surface area contributed by atoms with Gasteiger partial charge in [0, 0.05) is 23.4 Å². The highest BCUT2D eigenvalue weighted by Crippen LogP contribution is 2.44. The van der Waals surface area contributed by atoms with Gasteiger partial charge in [-0.2, -0.15) is 0 Å². The molecule has 10 nitrogen and oxygen atoms in total. The monoisotopic (exact) mass is 589 g/mol. The number of phenols is 1. The van der Waals surface area contributed by atoms with Crippen LogP contribution in [0.4, 0.5) is 0 Å². The molecule has 0 bridgehead atoms. The first-order valence-corrected chi connectivity index (χ1v) is 12.0. The number of cyclic esters (lactones) is 1. The molecule has 1 atom stereocenters. The minimum absolute atomic E-state index is 0.128. The van der Waals surface area contributed by atoms with Gasteiger partial charge >= 0.3 is 11.9 Å². The Kier molecular flexibility index (Phi) is 5.54. The van der Waals surface area contributed by atoms with Crippen molar-refractivity contribution < 1.29 is 29.0 Å². The topological polar surface area (TPSA) is 137 Å². The number of aromatic hydroxyl groups is 1. The van der Waals surface area contributed by atoms with E-state index in [0.717, 1.165) is 16.5 Å². The molecular weight excluding hydrogens is 569 g/mol. The Morgan fingerprint density at radius 3 is 2.77 bits per heavy atom. The zero-order valence-electron chi connectivity index (χ0n) is 18.8. The highest BCUT2D eigenvalue weighted by molar-refractivity contribution is 14.1. The zero-order chi connectivity index (χ0) is 25.1. The molecular formula is C24H20IN3O7. The number of carbonyl (C=O) groups is 3. The van der Waals surface area contributed by atoms with E-state index in [1.807, 2.05) is 6.92 Å². The minimum Gasteiger partial charge on any atom is -0.508 e. The lowest BCUT2D eigenvalue weighted by molar-refractivity contribution is -0.173. The molecule has 35 heavy (non-hydrogen) atoms. The highest BCUT2D eigenvalue weighted by atomic mass is 127. The molecule has 2 aliphatic rings. The fourth-order valence-electron chi connectivity index (χ4n) is 4.60. The van der Waals surface area contributed by atoms with Gasteiger partial charge in [-0.3, -0.25) is 14.4 Å². The average molecular weight is 589 g/mol. The highest BCUT2D eigenvalue weighted by Gasteiger charge is 2.50. The third-order valence-electron chi connectivity index (χ3n) is 6.19. The largest absolute Gasteiger partial charge is 0.508 e. The molecule has 1 aromatic carbocycles. The number of amides is 1. The molecule has 180 valence electrons. The summed E-state index contributed by atoms with van der Waals surface area (Å²) < 4.78 is 10.4. The van der Waals surface area contributed by atoms with Gasteiger partial charge in [0.25, 0.3) is 9.17 Å². The van der Waals surface area contributed by atoms with Crippen LogP contribution in [-0.2, 0) is 47.0 Å². The number of alkyl halides is 1. The van der Waals surface area contributed by atoms with Gasteiger partial charge in [0.1, 0.15) is 18.9 Å². The smallest absolute Gasteiger partial charge is 0.366 e. The molecule has 2 aliphatic heterocycles. The molecule has 5 rings (SSSR count). The number of rotatable bonds is 4. The number of nitrogens with one attached hydrogen (secondary N) is 1. The fraction of sp³-hybridized carbons (Fsp3) is 0.292. The van der Waals surface area contributed by atoms with Crippen molar-refractivity contribution in [3.8, 4) is 17.1 Å². The lowest BCUT2D eigenvalue weighted by Gasteiger charge is -2.31. The van der Waals surface area contributed by atoms with E-state index in [9.17, 15) is 24.3 Å². The van der Waals surface area contributed by atoms with E-state index in [4.69, 9.17) is 14.5 Å². The summed E-state index contributed by atoms with van der Waals surface area (Å²) in [6.07, 6.45) is 0.659. The second-order valence-corrected chi connectivity index (χ2v) is 9.86. The number of aromatic nitrogens is 2. The quantitative estimate of drug-likeness (QED) is 0.210. The van der Waals surface area contributed by atoms with E-state index in [0.29, 0.717) is 23.3 Å². The Bertz CT molecular complexity index is 1510. The number of carbonyl (C=O) groups excluding carboxylic acids is 3. The lowest BCUT2D eigenvalue weighted by atomic mass is 9.97. The van der Waals surface area contributed by atoms with Crippen molar-refractivity contribution in [2.75, 3.05) is 6.54 Å². The second kappa shape index (κ2) is 8.33. The predicted molar refractivity (Wildman–Crippen MR) is 132 cm³/mol. The number of hydrogen-bond donors (Lipinski definition) is 2. The van der Waals surface area contributed by atoms with Crippen molar-refractivity contribution in [2.24, 2.45) is 0 Å². The normalized spacial score (nSPS) is 17.9. The van der Waals surface area contributed by atoms with E-state index < -0.39 is 28.0 Å². The maximum absolute atomic E-state index is 13.5. The standard InChI is InChI=1S/C24H20IN3O7/c1-3-13-14-6-12(30)4-5-18(14)27-21-15(13)9-28-19(21)7-17-16(22(28)32)10-34-23(33)24(17,25)35-20(31)8-26-11(2)29/h4-7,30H,3,8-10H2,1-2H3,(H,26,29)/t24-/m0/s1. The molecule has 0 unspecified atom stereocenters. The van der Waals surface area contributed by atoms with Crippen LogP contribution in [0, 0.1) is 0 Å². The third kappa shape index (κ3) is 3.65. The number of fused-ring (bicyclic) bond motifs is 5. The van der Waals surface area contributed by atoms with Crippen LogP contribution in [0.15, 0.2) is 29.1 Å². The molecule has 2 N–H and O–H groups in total. The van der Waals surface area contributed by atoms with Gasteiger partial charge in [-0.1, -0.05) is 6.92 Å². The van der Waals surface area contributed by atoms with Crippen molar-refractivity contribution in [3.63, 3.8) is 0 Å². The summed E-state index contributed by atoms with van der Waals surface area (Å²) in [7, 11) is 0. The molecule has 0 radical (unpaired) electrons. The van der Waals surface area contributed by atoms with Crippen LogP contribution in [0.2, 0.25) is 0 Å². The van der Waals surface area contributed by atoms with Gasteiger partial charge in [-0.25, -0.2) is 9.78 Å². The summed E-state index contributed by atoms with van der Waals surface area (Å²) in [4.78, 5) is 54.6. The van der Waals surface area contributed by atoms with E-state index in [1.54, 1.807) is 51.4 Å². The summed E-state index contributed by atoms with van der Waals surface area (Å²) in [5, 5.41) is 13.1. The van der Waals surface area contributed by atoms with Crippen LogP contribution in [0.1, 0.15) is 36.1 Å². The van der Waals surface area contributed by atoms with E-state index in [2.05, 4.69) is 5.32 Å². The molecule has 0 saturated heterocycles. The van der Waals surface area contributed by atoms with Crippen LogP contribution >= 0.6 is 22.6 Å². The van der Waals surface area contributed by atoms with Crippen molar-refractivity contribution in [2.45, 2.75) is 37.0 Å². The van der Waals surface area contributed by atoms with Gasteiger partial charge in [0.2, 0.25) is 5.91 Å². The lowest BCUT2D eigenvalue weighted by Crippen LogP contribution is -2.45.